The lowest BCUT2D eigenvalue weighted by molar-refractivity contribution is -0.134. The first-order valence-electron chi connectivity index (χ1n) is 11.1. The van der Waals surface area contributed by atoms with Gasteiger partial charge in [-0.25, -0.2) is 5.01 Å². The standard InChI is InChI=1S/C27H25Br2N3O2/c1-17-3-12-23(18(2)15-17)30-26(33)13-14-27(34)32-25(20-6-10-22(29)11-7-20)16-24(31-32)19-4-8-21(28)9-5-19/h3-12,15,25H,13-14,16H2,1-2H3,(H,30,33)/t25-/m1/s1. The number of rotatable bonds is 6. The smallest absolute Gasteiger partial charge is 0.243 e. The predicted octanol–water partition coefficient (Wildman–Crippen LogP) is 6.93. The Morgan fingerprint density at radius 3 is 2.24 bits per heavy atom. The van der Waals surface area contributed by atoms with Crippen LogP contribution in [0.2, 0.25) is 0 Å². The molecule has 0 aromatic heterocycles. The molecular weight excluding hydrogens is 558 g/mol. The maximum Gasteiger partial charge on any atom is 0.243 e. The van der Waals surface area contributed by atoms with Gasteiger partial charge in [-0.15, -0.1) is 0 Å². The molecule has 2 amide bonds. The second-order valence-electron chi connectivity index (χ2n) is 8.43. The fraction of sp³-hybridized carbons (Fsp3) is 0.222. The third-order valence-electron chi connectivity index (χ3n) is 5.82. The maximum atomic E-state index is 13.2. The van der Waals surface area contributed by atoms with Crippen LogP contribution in [0.15, 0.2) is 80.8 Å². The van der Waals surface area contributed by atoms with E-state index in [9.17, 15) is 9.59 Å². The number of hydrazone groups is 1. The van der Waals surface area contributed by atoms with E-state index in [2.05, 4.69) is 37.2 Å². The molecule has 0 radical (unpaired) electrons. The molecule has 0 bridgehead atoms. The van der Waals surface area contributed by atoms with Crippen LogP contribution in [0.5, 0.6) is 0 Å². The second kappa shape index (κ2) is 10.7. The molecule has 0 unspecified atom stereocenters. The Balaban J connectivity index is 1.49. The largest absolute Gasteiger partial charge is 0.326 e. The summed E-state index contributed by atoms with van der Waals surface area (Å²) in [6.45, 7) is 3.97. The predicted molar refractivity (Wildman–Crippen MR) is 143 cm³/mol. The molecule has 7 heteroatoms. The van der Waals surface area contributed by atoms with E-state index in [1.807, 2.05) is 80.6 Å². The number of anilines is 1. The summed E-state index contributed by atoms with van der Waals surface area (Å²) in [6, 6.07) is 21.5. The summed E-state index contributed by atoms with van der Waals surface area (Å²) in [6.07, 6.45) is 0.795. The molecule has 3 aromatic carbocycles. The second-order valence-corrected chi connectivity index (χ2v) is 10.3. The SMILES string of the molecule is Cc1ccc(NC(=O)CCC(=O)N2N=C(c3ccc(Br)cc3)C[C@@H]2c2ccc(Br)cc2)c(C)c1. The van der Waals surface area contributed by atoms with E-state index in [0.717, 1.165) is 42.6 Å². The zero-order valence-corrected chi connectivity index (χ0v) is 22.2. The summed E-state index contributed by atoms with van der Waals surface area (Å²) >= 11 is 6.94. The Hall–Kier alpha value is -2.77. The number of hydrogen-bond donors (Lipinski definition) is 1. The monoisotopic (exact) mass is 581 g/mol. The van der Waals surface area contributed by atoms with Crippen LogP contribution in [-0.4, -0.2) is 22.5 Å². The van der Waals surface area contributed by atoms with Gasteiger partial charge in [-0.1, -0.05) is 73.8 Å². The number of nitrogens with one attached hydrogen (secondary N) is 1. The zero-order valence-electron chi connectivity index (χ0n) is 19.0. The van der Waals surface area contributed by atoms with Crippen molar-refractivity contribution in [2.45, 2.75) is 39.2 Å². The lowest BCUT2D eigenvalue weighted by atomic mass is 9.98. The average molecular weight is 583 g/mol. The van der Waals surface area contributed by atoms with Gasteiger partial charge in [-0.05, 0) is 60.9 Å². The number of aryl methyl sites for hydroxylation is 2. The maximum absolute atomic E-state index is 13.2. The summed E-state index contributed by atoms with van der Waals surface area (Å²) < 4.78 is 1.96. The third-order valence-corrected chi connectivity index (χ3v) is 6.88. The van der Waals surface area contributed by atoms with Gasteiger partial charge < -0.3 is 5.32 Å². The first-order chi connectivity index (χ1) is 16.3. The first kappa shape index (κ1) is 24.4. The lowest BCUT2D eigenvalue weighted by Crippen LogP contribution is -2.28. The van der Waals surface area contributed by atoms with Crippen molar-refractivity contribution >= 4 is 55.1 Å². The molecule has 0 fully saturated rings. The van der Waals surface area contributed by atoms with E-state index in [1.165, 1.54) is 0 Å². The van der Waals surface area contributed by atoms with Crippen LogP contribution in [0.3, 0.4) is 0 Å². The third kappa shape index (κ3) is 5.83. The number of hydrogen-bond acceptors (Lipinski definition) is 3. The van der Waals surface area contributed by atoms with Gasteiger partial charge in [0.15, 0.2) is 0 Å². The normalized spacial score (nSPS) is 15.2. The van der Waals surface area contributed by atoms with Crippen molar-refractivity contribution < 1.29 is 9.59 Å². The van der Waals surface area contributed by atoms with Gasteiger partial charge in [0.25, 0.3) is 0 Å². The van der Waals surface area contributed by atoms with Crippen LogP contribution in [0.1, 0.15) is 47.6 Å². The van der Waals surface area contributed by atoms with Crippen molar-refractivity contribution in [3.63, 3.8) is 0 Å². The molecule has 1 N–H and O–H groups in total. The van der Waals surface area contributed by atoms with E-state index >= 15 is 0 Å². The van der Waals surface area contributed by atoms with Crippen LogP contribution in [0.4, 0.5) is 5.69 Å². The highest BCUT2D eigenvalue weighted by atomic mass is 79.9. The van der Waals surface area contributed by atoms with Crippen molar-refractivity contribution in [1.82, 2.24) is 5.01 Å². The summed E-state index contributed by atoms with van der Waals surface area (Å²) in [5.41, 5.74) is 5.75. The van der Waals surface area contributed by atoms with Crippen molar-refractivity contribution in [1.29, 1.82) is 0 Å². The average Bonchev–Trinajstić information content (AvgIpc) is 3.26. The van der Waals surface area contributed by atoms with Gasteiger partial charge in [-0.3, -0.25) is 9.59 Å². The van der Waals surface area contributed by atoms with Crippen LogP contribution in [0.25, 0.3) is 0 Å². The molecule has 1 atom stereocenters. The summed E-state index contributed by atoms with van der Waals surface area (Å²) in [5, 5.41) is 9.16. The van der Waals surface area contributed by atoms with Crippen LogP contribution < -0.4 is 5.32 Å². The molecule has 0 aliphatic carbocycles. The number of nitrogens with zero attached hydrogens (tertiary/aromatic N) is 2. The Labute approximate surface area is 216 Å². The molecule has 0 saturated carbocycles. The van der Waals surface area contributed by atoms with Crippen molar-refractivity contribution in [3.05, 3.63) is 97.9 Å². The van der Waals surface area contributed by atoms with Crippen LogP contribution >= 0.6 is 31.9 Å². The minimum atomic E-state index is -0.207. The Morgan fingerprint density at radius 2 is 1.59 bits per heavy atom. The quantitative estimate of drug-likeness (QED) is 0.343. The number of halogens is 2. The Morgan fingerprint density at radius 1 is 0.941 bits per heavy atom. The topological polar surface area (TPSA) is 61.8 Å². The molecule has 3 aromatic rings. The highest BCUT2D eigenvalue weighted by molar-refractivity contribution is 9.10. The van der Waals surface area contributed by atoms with E-state index in [1.54, 1.807) is 5.01 Å². The van der Waals surface area contributed by atoms with Gasteiger partial charge in [0.1, 0.15) is 0 Å². The molecule has 5 nitrogen and oxygen atoms in total. The van der Waals surface area contributed by atoms with Crippen molar-refractivity contribution in [2.24, 2.45) is 5.10 Å². The van der Waals surface area contributed by atoms with Gasteiger partial charge in [-0.2, -0.15) is 5.10 Å². The number of carbonyl (C=O) groups excluding carboxylic acids is 2. The molecule has 0 saturated heterocycles. The molecule has 4 rings (SSSR count). The Bertz CT molecular complexity index is 1240. The minimum Gasteiger partial charge on any atom is -0.326 e. The van der Waals surface area contributed by atoms with Crippen molar-refractivity contribution in [2.75, 3.05) is 5.32 Å². The molecule has 0 spiro atoms. The number of amides is 2. The molecule has 1 heterocycles. The summed E-state index contributed by atoms with van der Waals surface area (Å²) in [5.74, 6) is -0.354. The van der Waals surface area contributed by atoms with Gasteiger partial charge >= 0.3 is 0 Å². The zero-order chi connectivity index (χ0) is 24.2. The molecule has 34 heavy (non-hydrogen) atoms. The van der Waals surface area contributed by atoms with E-state index in [0.29, 0.717) is 6.42 Å². The van der Waals surface area contributed by atoms with Gasteiger partial charge in [0.2, 0.25) is 11.8 Å². The lowest BCUT2D eigenvalue weighted by Gasteiger charge is -2.22. The summed E-state index contributed by atoms with van der Waals surface area (Å²) in [4.78, 5) is 25.8. The molecule has 1 aliphatic heterocycles. The number of benzene rings is 3. The Kier molecular flexibility index (Phi) is 7.63. The first-order valence-corrected chi connectivity index (χ1v) is 12.7. The molecule has 1 aliphatic rings. The van der Waals surface area contributed by atoms with Gasteiger partial charge in [0, 0.05) is 33.9 Å². The fourth-order valence-corrected chi connectivity index (χ4v) is 4.53. The van der Waals surface area contributed by atoms with E-state index in [-0.39, 0.29) is 30.7 Å². The van der Waals surface area contributed by atoms with E-state index in [4.69, 9.17) is 5.10 Å². The van der Waals surface area contributed by atoms with Crippen molar-refractivity contribution in [3.8, 4) is 0 Å². The highest BCUT2D eigenvalue weighted by Crippen LogP contribution is 2.34. The molecule has 174 valence electrons. The van der Waals surface area contributed by atoms with E-state index < -0.39 is 0 Å². The minimum absolute atomic E-state index is 0.0842. The van der Waals surface area contributed by atoms with Crippen LogP contribution in [0, 0.1) is 13.8 Å². The van der Waals surface area contributed by atoms with Crippen LogP contribution in [-0.2, 0) is 9.59 Å². The van der Waals surface area contributed by atoms with Gasteiger partial charge in [0.05, 0.1) is 11.8 Å². The number of carbonyl (C=O) groups is 2. The molecular formula is C27H25Br2N3O2. The fourth-order valence-electron chi connectivity index (χ4n) is 4.00. The summed E-state index contributed by atoms with van der Waals surface area (Å²) in [7, 11) is 0. The highest BCUT2D eigenvalue weighted by Gasteiger charge is 2.33.